The van der Waals surface area contributed by atoms with E-state index in [9.17, 15) is 32.3 Å². The molecule has 1 aromatic heterocycles. The van der Waals surface area contributed by atoms with Gasteiger partial charge in [-0.1, -0.05) is 6.92 Å². The maximum atomic E-state index is 14.8. The Labute approximate surface area is 201 Å². The third-order valence-corrected chi connectivity index (χ3v) is 5.45. The maximum Gasteiger partial charge on any atom is 0.408 e. The van der Waals surface area contributed by atoms with Crippen molar-refractivity contribution in [2.24, 2.45) is 7.05 Å². The number of ketones is 1. The summed E-state index contributed by atoms with van der Waals surface area (Å²) >= 11 is 0. The summed E-state index contributed by atoms with van der Waals surface area (Å²) in [6.07, 6.45) is -2.32. The molecule has 1 aromatic rings. The quantitative estimate of drug-likeness (QED) is 0.444. The number of anilines is 1. The predicted molar refractivity (Wildman–Crippen MR) is 119 cm³/mol. The minimum absolute atomic E-state index is 0.0125. The number of aryl methyl sites for hydroxylation is 1. The Morgan fingerprint density at radius 3 is 2.26 bits per heavy atom. The summed E-state index contributed by atoms with van der Waals surface area (Å²) in [6.45, 7) is 7.48. The van der Waals surface area contributed by atoms with E-state index in [1.54, 1.807) is 27.8 Å². The smallest absolute Gasteiger partial charge is 0.408 e. The van der Waals surface area contributed by atoms with Gasteiger partial charge in [0.25, 0.3) is 11.8 Å². The molecule has 1 aliphatic rings. The lowest BCUT2D eigenvalue weighted by Gasteiger charge is -2.46. The number of alkyl halides is 3. The van der Waals surface area contributed by atoms with E-state index in [0.29, 0.717) is 0 Å². The second-order valence-electron chi connectivity index (χ2n) is 10.1. The highest BCUT2D eigenvalue weighted by molar-refractivity contribution is 6.44. The number of carbonyl (C=O) groups is 4. The lowest BCUT2D eigenvalue weighted by molar-refractivity contribution is -0.167. The second kappa shape index (κ2) is 9.86. The van der Waals surface area contributed by atoms with Gasteiger partial charge in [-0.15, -0.1) is 0 Å². The number of amides is 3. The summed E-state index contributed by atoms with van der Waals surface area (Å²) < 4.78 is 49.0. The fourth-order valence-electron chi connectivity index (χ4n) is 3.56. The molecule has 196 valence electrons. The first-order valence-corrected chi connectivity index (χ1v) is 11.1. The van der Waals surface area contributed by atoms with E-state index in [1.807, 2.05) is 0 Å². The highest BCUT2D eigenvalue weighted by Crippen LogP contribution is 2.46. The Bertz CT molecular complexity index is 978. The predicted octanol–water partition coefficient (Wildman–Crippen LogP) is 2.63. The van der Waals surface area contributed by atoms with Crippen LogP contribution in [0.2, 0.25) is 0 Å². The molecule has 1 heterocycles. The Kier molecular flexibility index (Phi) is 7.92. The molecule has 3 N–H and O–H groups in total. The van der Waals surface area contributed by atoms with Gasteiger partial charge in [-0.3, -0.25) is 19.1 Å². The molecule has 0 spiro atoms. The zero-order valence-corrected chi connectivity index (χ0v) is 20.6. The van der Waals surface area contributed by atoms with Crippen LogP contribution in [-0.2, 0) is 26.2 Å². The summed E-state index contributed by atoms with van der Waals surface area (Å²) in [7, 11) is 1.57. The van der Waals surface area contributed by atoms with E-state index in [4.69, 9.17) is 4.74 Å². The van der Waals surface area contributed by atoms with Crippen molar-refractivity contribution in [3.05, 3.63) is 12.3 Å². The molecule has 10 nitrogen and oxygen atoms in total. The van der Waals surface area contributed by atoms with Crippen molar-refractivity contribution in [3.63, 3.8) is 0 Å². The molecule has 1 aliphatic carbocycles. The SMILES string of the molecule is CCC(C)(F)C[C@H](NC(=O)OC(C)(C)C)C(=O)NC1(C(=O)C(=O)Nc2ccn(C)n2)CC(F)(F)C1. The summed E-state index contributed by atoms with van der Waals surface area (Å²) in [5.74, 6) is -6.95. The molecule has 3 amide bonds. The molecule has 2 rings (SSSR count). The Hall–Kier alpha value is -3.12. The standard InChI is InChI=1S/C22H32F3N5O5/c1-7-20(5,23)10-13(26-18(34)35-19(2,3)4)16(32)28-21(11-22(24,25)12-21)15(31)17(33)27-14-8-9-30(6)29-14/h8-9,13H,7,10-12H2,1-6H3,(H,26,34)(H,28,32)(H,27,29,33)/t13-,20?/m0/s1. The Balaban J connectivity index is 2.24. The van der Waals surface area contributed by atoms with Crippen LogP contribution in [0.15, 0.2) is 12.3 Å². The first-order valence-electron chi connectivity index (χ1n) is 11.1. The molecule has 0 aromatic carbocycles. The van der Waals surface area contributed by atoms with E-state index in [0.717, 1.165) is 0 Å². The minimum Gasteiger partial charge on any atom is -0.444 e. The lowest BCUT2D eigenvalue weighted by Crippen LogP contribution is -2.70. The fourth-order valence-corrected chi connectivity index (χ4v) is 3.56. The van der Waals surface area contributed by atoms with Gasteiger partial charge in [-0.2, -0.15) is 5.10 Å². The van der Waals surface area contributed by atoms with Gasteiger partial charge in [0.1, 0.15) is 22.9 Å². The van der Waals surface area contributed by atoms with Crippen LogP contribution in [0.5, 0.6) is 0 Å². The average Bonchev–Trinajstić information content (AvgIpc) is 3.08. The largest absolute Gasteiger partial charge is 0.444 e. The third-order valence-electron chi connectivity index (χ3n) is 5.45. The molecule has 13 heteroatoms. The van der Waals surface area contributed by atoms with E-state index in [1.165, 1.54) is 30.8 Å². The number of aromatic nitrogens is 2. The van der Waals surface area contributed by atoms with Crippen LogP contribution < -0.4 is 16.0 Å². The van der Waals surface area contributed by atoms with Crippen molar-refractivity contribution in [2.45, 2.75) is 89.1 Å². The van der Waals surface area contributed by atoms with Crippen molar-refractivity contribution in [2.75, 3.05) is 5.32 Å². The number of nitrogens with one attached hydrogen (secondary N) is 3. The Morgan fingerprint density at radius 2 is 1.80 bits per heavy atom. The minimum atomic E-state index is -3.31. The first-order chi connectivity index (χ1) is 15.9. The number of hydrogen-bond acceptors (Lipinski definition) is 6. The van der Waals surface area contributed by atoms with Gasteiger partial charge in [0.15, 0.2) is 5.82 Å². The van der Waals surface area contributed by atoms with Crippen molar-refractivity contribution in [3.8, 4) is 0 Å². The van der Waals surface area contributed by atoms with Gasteiger partial charge in [0, 0.05) is 38.6 Å². The number of hydrogen-bond donors (Lipinski definition) is 3. The molecule has 0 radical (unpaired) electrons. The second-order valence-corrected chi connectivity index (χ2v) is 10.1. The van der Waals surface area contributed by atoms with Gasteiger partial charge in [-0.05, 0) is 34.1 Å². The van der Waals surface area contributed by atoms with Crippen molar-refractivity contribution >= 4 is 29.5 Å². The van der Waals surface area contributed by atoms with Crippen LogP contribution in [0.25, 0.3) is 0 Å². The van der Waals surface area contributed by atoms with E-state index < -0.39 is 71.7 Å². The summed E-state index contributed by atoms with van der Waals surface area (Å²) in [5.41, 5.74) is -5.06. The number of carbonyl (C=O) groups excluding carboxylic acids is 4. The van der Waals surface area contributed by atoms with Gasteiger partial charge in [-0.25, -0.2) is 18.0 Å². The van der Waals surface area contributed by atoms with Crippen LogP contribution >= 0.6 is 0 Å². The molecular formula is C22H32F3N5O5. The van der Waals surface area contributed by atoms with Gasteiger partial charge >= 0.3 is 6.09 Å². The highest BCUT2D eigenvalue weighted by Gasteiger charge is 2.63. The van der Waals surface area contributed by atoms with Crippen LogP contribution in [0.1, 0.15) is 60.3 Å². The van der Waals surface area contributed by atoms with Crippen LogP contribution in [-0.4, -0.2) is 62.2 Å². The zero-order valence-electron chi connectivity index (χ0n) is 20.6. The van der Waals surface area contributed by atoms with E-state index >= 15 is 0 Å². The summed E-state index contributed by atoms with van der Waals surface area (Å²) in [6, 6.07) is -0.170. The maximum absolute atomic E-state index is 14.8. The number of rotatable bonds is 9. The molecule has 2 atom stereocenters. The number of alkyl carbamates (subject to hydrolysis) is 1. The van der Waals surface area contributed by atoms with Gasteiger partial charge < -0.3 is 20.7 Å². The molecule has 0 saturated heterocycles. The lowest BCUT2D eigenvalue weighted by atomic mass is 9.70. The molecular weight excluding hydrogens is 471 g/mol. The number of ether oxygens (including phenoxy) is 1. The fraction of sp³-hybridized carbons (Fsp3) is 0.682. The highest BCUT2D eigenvalue weighted by atomic mass is 19.3. The Morgan fingerprint density at radius 1 is 1.20 bits per heavy atom. The zero-order chi connectivity index (χ0) is 26.8. The monoisotopic (exact) mass is 503 g/mol. The van der Waals surface area contributed by atoms with Crippen LogP contribution in [0, 0.1) is 0 Å². The number of nitrogens with zero attached hydrogens (tertiary/aromatic N) is 2. The summed E-state index contributed by atoms with van der Waals surface area (Å²) in [4.78, 5) is 50.7. The number of halogens is 3. The van der Waals surface area contributed by atoms with Gasteiger partial charge in [0.2, 0.25) is 11.7 Å². The molecule has 0 bridgehead atoms. The van der Waals surface area contributed by atoms with Crippen molar-refractivity contribution in [1.29, 1.82) is 0 Å². The van der Waals surface area contributed by atoms with E-state index in [-0.39, 0.29) is 12.2 Å². The third kappa shape index (κ3) is 7.69. The molecule has 0 aliphatic heterocycles. The molecule has 1 fully saturated rings. The first kappa shape index (κ1) is 28.1. The van der Waals surface area contributed by atoms with Crippen molar-refractivity contribution < 1.29 is 37.1 Å². The van der Waals surface area contributed by atoms with Crippen molar-refractivity contribution in [1.82, 2.24) is 20.4 Å². The average molecular weight is 504 g/mol. The van der Waals surface area contributed by atoms with Crippen LogP contribution in [0.3, 0.4) is 0 Å². The van der Waals surface area contributed by atoms with Crippen LogP contribution in [0.4, 0.5) is 23.8 Å². The molecule has 1 unspecified atom stereocenters. The summed E-state index contributed by atoms with van der Waals surface area (Å²) in [5, 5.41) is 10.5. The molecule has 35 heavy (non-hydrogen) atoms. The molecule has 1 saturated carbocycles. The number of Topliss-reactive ketones (excluding diaryl/α,β-unsaturated/α-hetero) is 1. The van der Waals surface area contributed by atoms with E-state index in [2.05, 4.69) is 21.0 Å². The topological polar surface area (TPSA) is 131 Å². The van der Waals surface area contributed by atoms with Gasteiger partial charge in [0.05, 0.1) is 0 Å². The normalized spacial score (nSPS) is 18.9.